The van der Waals surface area contributed by atoms with Gasteiger partial charge < -0.3 is 0 Å². The number of nitrogens with zero attached hydrogens (tertiary/aromatic N) is 4. The molecule has 0 N–H and O–H groups in total. The SMILES string of the molecule is CC.[C-]#[N+]C(C#N)=c1ccc(=C(C#N)[N+]#[C-])cc1. The first-order valence-corrected chi connectivity index (χ1v) is 5.16. The molecule has 0 atom stereocenters. The van der Waals surface area contributed by atoms with Gasteiger partial charge in [0, 0.05) is 0 Å². The van der Waals surface area contributed by atoms with Gasteiger partial charge in [0.25, 0.3) is 11.4 Å². The molecule has 1 aromatic rings. The molecule has 0 unspecified atom stereocenters. The Morgan fingerprint density at radius 2 is 1.17 bits per heavy atom. The number of hydrogen-bond acceptors (Lipinski definition) is 2. The second-order valence-corrected chi connectivity index (χ2v) is 2.72. The summed E-state index contributed by atoms with van der Waals surface area (Å²) in [6.07, 6.45) is 0. The Hall–Kier alpha value is -3.08. The Morgan fingerprint density at radius 1 is 0.889 bits per heavy atom. The summed E-state index contributed by atoms with van der Waals surface area (Å²) in [4.78, 5) is 6.13. The second-order valence-electron chi connectivity index (χ2n) is 2.72. The summed E-state index contributed by atoms with van der Waals surface area (Å²) < 4.78 is 0. The molecule has 0 aromatic heterocycles. The van der Waals surface area contributed by atoms with Crippen molar-refractivity contribution in [3.63, 3.8) is 0 Å². The van der Waals surface area contributed by atoms with Gasteiger partial charge in [-0.1, -0.05) is 38.1 Å². The van der Waals surface area contributed by atoms with Crippen LogP contribution in [0.5, 0.6) is 0 Å². The van der Waals surface area contributed by atoms with E-state index in [9.17, 15) is 0 Å². The zero-order valence-corrected chi connectivity index (χ0v) is 10.1. The van der Waals surface area contributed by atoms with E-state index in [0.29, 0.717) is 10.4 Å². The van der Waals surface area contributed by atoms with E-state index in [-0.39, 0.29) is 11.4 Å². The van der Waals surface area contributed by atoms with E-state index in [1.807, 2.05) is 13.8 Å². The lowest BCUT2D eigenvalue weighted by Gasteiger charge is -1.88. The van der Waals surface area contributed by atoms with Crippen LogP contribution in [0.2, 0.25) is 0 Å². The normalized spacial score (nSPS) is 7.22. The minimum atomic E-state index is -0.00660. The third-order valence-electron chi connectivity index (χ3n) is 1.87. The molecule has 0 aliphatic carbocycles. The summed E-state index contributed by atoms with van der Waals surface area (Å²) in [5.41, 5.74) is -0.0132. The van der Waals surface area contributed by atoms with Crippen LogP contribution in [-0.2, 0) is 0 Å². The highest BCUT2D eigenvalue weighted by Gasteiger charge is 1.96. The van der Waals surface area contributed by atoms with Crippen LogP contribution < -0.4 is 10.4 Å². The van der Waals surface area contributed by atoms with Gasteiger partial charge in [-0.05, 0) is 10.4 Å². The first-order chi connectivity index (χ1) is 8.76. The monoisotopic (exact) mass is 234 g/mol. The van der Waals surface area contributed by atoms with Crippen LogP contribution >= 0.6 is 0 Å². The Morgan fingerprint density at radius 3 is 1.33 bits per heavy atom. The van der Waals surface area contributed by atoms with Gasteiger partial charge in [-0.25, -0.2) is 20.2 Å². The van der Waals surface area contributed by atoms with Crippen LogP contribution in [-0.4, -0.2) is 0 Å². The Kier molecular flexibility index (Phi) is 6.73. The minimum absolute atomic E-state index is 0.00660. The van der Waals surface area contributed by atoms with Crippen LogP contribution in [0, 0.1) is 35.8 Å². The lowest BCUT2D eigenvalue weighted by atomic mass is 10.2. The van der Waals surface area contributed by atoms with Gasteiger partial charge in [0.2, 0.25) is 0 Å². The van der Waals surface area contributed by atoms with Crippen molar-refractivity contribution in [3.8, 4) is 12.1 Å². The van der Waals surface area contributed by atoms with Crippen molar-refractivity contribution in [1.82, 2.24) is 0 Å². The van der Waals surface area contributed by atoms with E-state index in [4.69, 9.17) is 23.7 Å². The average molecular weight is 234 g/mol. The fraction of sp³-hybridized carbons (Fsp3) is 0.143. The molecule has 0 saturated carbocycles. The summed E-state index contributed by atoms with van der Waals surface area (Å²) in [6, 6.07) is 9.75. The van der Waals surface area contributed by atoms with E-state index in [0.717, 1.165) is 0 Å². The number of rotatable bonds is 0. The molecule has 0 fully saturated rings. The van der Waals surface area contributed by atoms with Crippen molar-refractivity contribution < 1.29 is 0 Å². The number of benzene rings is 1. The van der Waals surface area contributed by atoms with Gasteiger partial charge >= 0.3 is 0 Å². The highest BCUT2D eigenvalue weighted by molar-refractivity contribution is 5.67. The van der Waals surface area contributed by atoms with E-state index >= 15 is 0 Å². The summed E-state index contributed by atoms with van der Waals surface area (Å²) in [5, 5.41) is 18.3. The molecule has 0 aliphatic heterocycles. The molecule has 0 saturated heterocycles. The maximum absolute atomic E-state index is 8.64. The van der Waals surface area contributed by atoms with Crippen molar-refractivity contribution in [2.75, 3.05) is 0 Å². The van der Waals surface area contributed by atoms with Gasteiger partial charge in [0.15, 0.2) is 0 Å². The molecule has 0 radical (unpaired) electrons. The molecule has 0 spiro atoms. The molecule has 1 aromatic carbocycles. The molecule has 0 aliphatic rings. The smallest absolute Gasteiger partial charge is 0.226 e. The van der Waals surface area contributed by atoms with Crippen LogP contribution in [0.25, 0.3) is 21.1 Å². The zero-order valence-electron chi connectivity index (χ0n) is 10.1. The fourth-order valence-corrected chi connectivity index (χ4v) is 1.09. The Balaban J connectivity index is 0.00000137. The lowest BCUT2D eigenvalue weighted by molar-refractivity contribution is 1.48. The second kappa shape index (κ2) is 8.12. The third kappa shape index (κ3) is 3.49. The molecular weight excluding hydrogens is 224 g/mol. The molecule has 4 nitrogen and oxygen atoms in total. The van der Waals surface area contributed by atoms with Crippen LogP contribution in [0.1, 0.15) is 13.8 Å². The van der Waals surface area contributed by atoms with Crippen molar-refractivity contribution in [3.05, 3.63) is 57.5 Å². The highest BCUT2D eigenvalue weighted by Crippen LogP contribution is 1.92. The van der Waals surface area contributed by atoms with Gasteiger partial charge in [0.05, 0.1) is 25.3 Å². The largest absolute Gasteiger partial charge is 0.268 e. The molecule has 4 heteroatoms. The maximum atomic E-state index is 8.64. The van der Waals surface area contributed by atoms with Crippen molar-refractivity contribution in [2.24, 2.45) is 0 Å². The van der Waals surface area contributed by atoms with E-state index in [1.165, 1.54) is 0 Å². The van der Waals surface area contributed by atoms with Crippen LogP contribution in [0.3, 0.4) is 0 Å². The average Bonchev–Trinajstić information content (AvgIpc) is 2.45. The van der Waals surface area contributed by atoms with Gasteiger partial charge in [-0.15, -0.1) is 0 Å². The van der Waals surface area contributed by atoms with Crippen LogP contribution in [0.15, 0.2) is 24.3 Å². The van der Waals surface area contributed by atoms with Crippen molar-refractivity contribution in [2.45, 2.75) is 13.8 Å². The minimum Gasteiger partial charge on any atom is -0.226 e. The molecule has 86 valence electrons. The van der Waals surface area contributed by atoms with Crippen molar-refractivity contribution in [1.29, 1.82) is 10.5 Å². The fourth-order valence-electron chi connectivity index (χ4n) is 1.09. The van der Waals surface area contributed by atoms with Gasteiger partial charge in [-0.2, -0.15) is 0 Å². The summed E-state index contributed by atoms with van der Waals surface area (Å²) in [6.45, 7) is 17.5. The molecule has 0 heterocycles. The number of hydrogen-bond donors (Lipinski definition) is 0. The highest BCUT2D eigenvalue weighted by atomic mass is 14.7. The van der Waals surface area contributed by atoms with E-state index < -0.39 is 0 Å². The standard InChI is InChI=1S/C12H4N4.C2H6/c1-15-11(7-13)9-3-5-10(6-4-9)12(8-14)16-2;1-2/h3-6H;1-2H3. The van der Waals surface area contributed by atoms with E-state index in [1.54, 1.807) is 36.4 Å². The third-order valence-corrected chi connectivity index (χ3v) is 1.87. The zero-order chi connectivity index (χ0) is 14.0. The molecule has 18 heavy (non-hydrogen) atoms. The molecule has 0 amide bonds. The molecule has 0 bridgehead atoms. The van der Waals surface area contributed by atoms with Gasteiger partial charge in [-0.3, -0.25) is 0 Å². The van der Waals surface area contributed by atoms with Crippen molar-refractivity contribution >= 4 is 11.4 Å². The summed E-state index contributed by atoms with van der Waals surface area (Å²) in [7, 11) is 0. The lowest BCUT2D eigenvalue weighted by Crippen LogP contribution is -2.10. The molecule has 1 rings (SSSR count). The summed E-state index contributed by atoms with van der Waals surface area (Å²) in [5.74, 6) is 0. The first-order valence-electron chi connectivity index (χ1n) is 5.16. The van der Waals surface area contributed by atoms with Crippen LogP contribution in [0.4, 0.5) is 0 Å². The van der Waals surface area contributed by atoms with Gasteiger partial charge in [0.1, 0.15) is 0 Å². The summed E-state index contributed by atoms with van der Waals surface area (Å²) >= 11 is 0. The number of nitriles is 2. The maximum Gasteiger partial charge on any atom is 0.268 e. The first kappa shape index (κ1) is 14.9. The van der Waals surface area contributed by atoms with E-state index in [2.05, 4.69) is 9.69 Å². The predicted molar refractivity (Wildman–Crippen MR) is 68.3 cm³/mol. The Bertz CT molecular complexity index is 582. The Labute approximate surface area is 106 Å². The predicted octanol–water partition coefficient (Wildman–Crippen LogP) is 1.81. The topological polar surface area (TPSA) is 56.3 Å². The molecular formula is C14H10N4. The quantitative estimate of drug-likeness (QED) is 0.643.